The third kappa shape index (κ3) is 10.6. The lowest BCUT2D eigenvalue weighted by Crippen LogP contribution is -2.31. The second-order valence-corrected chi connectivity index (χ2v) is 6.64. The summed E-state index contributed by atoms with van der Waals surface area (Å²) in [4.78, 5) is 27.7. The largest absolute Gasteiger partial charge is 0.494 e. The van der Waals surface area contributed by atoms with Gasteiger partial charge >= 0.3 is 5.97 Å². The highest BCUT2D eigenvalue weighted by Crippen LogP contribution is 2.14. The standard InChI is InChI=1S/C21H34N2O4/c1-3-4-5-6-7-8-9-10-11-12-16-27-19(24)17-23-21(25)20-18(26-2)14-13-15-22-20/h13-15H,3-12,16-17H2,1-2H3,(H,23,25). The predicted octanol–water partition coefficient (Wildman–Crippen LogP) is 4.28. The molecule has 1 aromatic rings. The van der Waals surface area contributed by atoms with Crippen molar-refractivity contribution >= 4 is 11.9 Å². The number of carbonyl (C=O) groups excluding carboxylic acids is 2. The highest BCUT2D eigenvalue weighted by Gasteiger charge is 2.14. The number of carbonyl (C=O) groups is 2. The zero-order valence-electron chi connectivity index (χ0n) is 16.8. The molecule has 1 amide bonds. The summed E-state index contributed by atoms with van der Waals surface area (Å²) in [5.41, 5.74) is 0.155. The number of nitrogens with zero attached hydrogens (tertiary/aromatic N) is 1. The number of aromatic nitrogens is 1. The monoisotopic (exact) mass is 378 g/mol. The van der Waals surface area contributed by atoms with E-state index in [2.05, 4.69) is 17.2 Å². The van der Waals surface area contributed by atoms with Crippen LogP contribution in [0.5, 0.6) is 5.75 Å². The number of hydrogen-bond donors (Lipinski definition) is 1. The quantitative estimate of drug-likeness (QED) is 0.364. The number of ether oxygens (including phenoxy) is 2. The maximum absolute atomic E-state index is 12.0. The topological polar surface area (TPSA) is 77.5 Å². The number of rotatable bonds is 15. The lowest BCUT2D eigenvalue weighted by Gasteiger charge is -2.08. The van der Waals surface area contributed by atoms with E-state index in [0.29, 0.717) is 12.4 Å². The molecule has 0 unspecified atom stereocenters. The van der Waals surface area contributed by atoms with Crippen LogP contribution in [0, 0.1) is 0 Å². The summed E-state index contributed by atoms with van der Waals surface area (Å²) in [6.07, 6.45) is 13.8. The number of methoxy groups -OCH3 is 1. The Morgan fingerprint density at radius 3 is 2.26 bits per heavy atom. The lowest BCUT2D eigenvalue weighted by atomic mass is 10.1. The number of nitrogens with one attached hydrogen (secondary N) is 1. The number of amides is 1. The Morgan fingerprint density at radius 1 is 1.00 bits per heavy atom. The van der Waals surface area contributed by atoms with Gasteiger partial charge in [0.05, 0.1) is 13.7 Å². The molecule has 0 aromatic carbocycles. The molecule has 0 bridgehead atoms. The minimum Gasteiger partial charge on any atom is -0.494 e. The Morgan fingerprint density at radius 2 is 1.63 bits per heavy atom. The summed E-state index contributed by atoms with van der Waals surface area (Å²) >= 11 is 0. The third-order valence-electron chi connectivity index (χ3n) is 4.36. The molecule has 0 saturated heterocycles. The van der Waals surface area contributed by atoms with Crippen LogP contribution in [0.3, 0.4) is 0 Å². The van der Waals surface area contributed by atoms with Crippen LogP contribution >= 0.6 is 0 Å². The SMILES string of the molecule is CCCCCCCCCCCCOC(=O)CNC(=O)c1ncccc1OC. The molecular weight excluding hydrogens is 344 g/mol. The zero-order chi connectivity index (χ0) is 19.7. The maximum atomic E-state index is 12.0. The van der Waals surface area contributed by atoms with Gasteiger partial charge < -0.3 is 14.8 Å². The first-order valence-electron chi connectivity index (χ1n) is 10.1. The van der Waals surface area contributed by atoms with Crippen LogP contribution in [-0.4, -0.2) is 37.1 Å². The minimum absolute atomic E-state index is 0.155. The molecule has 0 fully saturated rings. The van der Waals surface area contributed by atoms with E-state index in [1.807, 2.05) is 0 Å². The first kappa shape index (κ1) is 22.9. The molecule has 0 atom stereocenters. The van der Waals surface area contributed by atoms with Gasteiger partial charge in [-0.25, -0.2) is 4.98 Å². The van der Waals surface area contributed by atoms with Gasteiger partial charge in [-0.15, -0.1) is 0 Å². The Labute approximate surface area is 163 Å². The molecule has 0 aliphatic carbocycles. The molecule has 0 aliphatic rings. The fourth-order valence-electron chi connectivity index (χ4n) is 2.79. The molecule has 0 radical (unpaired) electrons. The number of unbranched alkanes of at least 4 members (excludes halogenated alkanes) is 9. The highest BCUT2D eigenvalue weighted by atomic mass is 16.5. The van der Waals surface area contributed by atoms with Gasteiger partial charge in [-0.3, -0.25) is 9.59 Å². The molecule has 27 heavy (non-hydrogen) atoms. The number of pyridine rings is 1. The van der Waals surface area contributed by atoms with E-state index >= 15 is 0 Å². The van der Waals surface area contributed by atoms with Crippen LogP contribution in [0.4, 0.5) is 0 Å². The molecule has 0 spiro atoms. The molecular formula is C21H34N2O4. The van der Waals surface area contributed by atoms with Gasteiger partial charge in [-0.1, -0.05) is 64.7 Å². The van der Waals surface area contributed by atoms with E-state index in [4.69, 9.17) is 9.47 Å². The fourth-order valence-corrected chi connectivity index (χ4v) is 2.79. The molecule has 1 aromatic heterocycles. The summed E-state index contributed by atoms with van der Waals surface area (Å²) < 4.78 is 10.2. The van der Waals surface area contributed by atoms with Crippen molar-refractivity contribution in [3.05, 3.63) is 24.0 Å². The number of esters is 1. The third-order valence-corrected chi connectivity index (χ3v) is 4.36. The van der Waals surface area contributed by atoms with Crippen molar-refractivity contribution in [2.45, 2.75) is 71.1 Å². The summed E-state index contributed by atoms with van der Waals surface area (Å²) in [5.74, 6) is -0.522. The van der Waals surface area contributed by atoms with Crippen LogP contribution in [0.2, 0.25) is 0 Å². The van der Waals surface area contributed by atoms with Crippen molar-refractivity contribution in [3.8, 4) is 5.75 Å². The van der Waals surface area contributed by atoms with Crippen molar-refractivity contribution in [3.63, 3.8) is 0 Å². The van der Waals surface area contributed by atoms with E-state index in [1.165, 1.54) is 64.7 Å². The van der Waals surface area contributed by atoms with Gasteiger partial charge in [0, 0.05) is 6.20 Å². The summed E-state index contributed by atoms with van der Waals surface area (Å²) in [6.45, 7) is 2.47. The summed E-state index contributed by atoms with van der Waals surface area (Å²) in [6, 6.07) is 3.32. The average Bonchev–Trinajstić information content (AvgIpc) is 2.70. The molecule has 6 heteroatoms. The van der Waals surface area contributed by atoms with Gasteiger partial charge in [0.25, 0.3) is 5.91 Å². The second-order valence-electron chi connectivity index (χ2n) is 6.64. The molecule has 152 valence electrons. The summed E-state index contributed by atoms with van der Waals surface area (Å²) in [7, 11) is 1.47. The van der Waals surface area contributed by atoms with Gasteiger partial charge in [-0.2, -0.15) is 0 Å². The molecule has 0 saturated carbocycles. The van der Waals surface area contributed by atoms with Crippen LogP contribution in [0.25, 0.3) is 0 Å². The van der Waals surface area contributed by atoms with Gasteiger partial charge in [0.1, 0.15) is 12.3 Å². The van der Waals surface area contributed by atoms with Gasteiger partial charge in [0.2, 0.25) is 0 Å². The normalized spacial score (nSPS) is 10.4. The Balaban J connectivity index is 2.02. The van der Waals surface area contributed by atoms with E-state index < -0.39 is 11.9 Å². The summed E-state index contributed by atoms with van der Waals surface area (Å²) in [5, 5.41) is 2.51. The first-order chi connectivity index (χ1) is 13.2. The van der Waals surface area contributed by atoms with Crippen molar-refractivity contribution < 1.29 is 19.1 Å². The van der Waals surface area contributed by atoms with Crippen molar-refractivity contribution in [1.29, 1.82) is 0 Å². The average molecular weight is 379 g/mol. The molecule has 1 N–H and O–H groups in total. The van der Waals surface area contributed by atoms with Crippen molar-refractivity contribution in [1.82, 2.24) is 10.3 Å². The fraction of sp³-hybridized carbons (Fsp3) is 0.667. The van der Waals surface area contributed by atoms with Crippen molar-refractivity contribution in [2.24, 2.45) is 0 Å². The van der Waals surface area contributed by atoms with E-state index in [9.17, 15) is 9.59 Å². The van der Waals surface area contributed by atoms with Crippen LogP contribution in [0.1, 0.15) is 81.6 Å². The van der Waals surface area contributed by atoms with E-state index in [0.717, 1.165) is 12.8 Å². The minimum atomic E-state index is -0.455. The first-order valence-corrected chi connectivity index (χ1v) is 10.1. The van der Waals surface area contributed by atoms with Gasteiger partial charge in [0.15, 0.2) is 5.69 Å². The predicted molar refractivity (Wildman–Crippen MR) is 106 cm³/mol. The van der Waals surface area contributed by atoms with E-state index in [-0.39, 0.29) is 12.2 Å². The smallest absolute Gasteiger partial charge is 0.325 e. The lowest BCUT2D eigenvalue weighted by molar-refractivity contribution is -0.142. The van der Waals surface area contributed by atoms with Crippen LogP contribution < -0.4 is 10.1 Å². The molecule has 0 aliphatic heterocycles. The van der Waals surface area contributed by atoms with Gasteiger partial charge in [-0.05, 0) is 18.6 Å². The molecule has 1 rings (SSSR count). The zero-order valence-corrected chi connectivity index (χ0v) is 16.8. The maximum Gasteiger partial charge on any atom is 0.325 e. The highest BCUT2D eigenvalue weighted by molar-refractivity contribution is 5.96. The van der Waals surface area contributed by atoms with Crippen LogP contribution in [0.15, 0.2) is 18.3 Å². The molecule has 1 heterocycles. The van der Waals surface area contributed by atoms with E-state index in [1.54, 1.807) is 12.1 Å². The van der Waals surface area contributed by atoms with Crippen molar-refractivity contribution in [2.75, 3.05) is 20.3 Å². The second kappa shape index (κ2) is 15.0. The Hall–Kier alpha value is -2.11. The van der Waals surface area contributed by atoms with Crippen LogP contribution in [-0.2, 0) is 9.53 Å². The number of hydrogen-bond acceptors (Lipinski definition) is 5. The Bertz CT molecular complexity index is 549. The molecule has 6 nitrogen and oxygen atoms in total. The Kier molecular flexibility index (Phi) is 12.7.